The fraction of sp³-hybridized carbons (Fsp3) is 0.200. The molecule has 0 atom stereocenters. The van der Waals surface area contributed by atoms with Crippen molar-refractivity contribution < 1.29 is 9.53 Å². The second kappa shape index (κ2) is 7.10. The number of benzene rings is 2. The highest BCUT2D eigenvalue weighted by Gasteiger charge is 2.15. The van der Waals surface area contributed by atoms with Gasteiger partial charge in [0.15, 0.2) is 0 Å². The van der Waals surface area contributed by atoms with Crippen molar-refractivity contribution in [3.05, 3.63) is 59.8 Å². The molecule has 0 spiro atoms. The minimum atomic E-state index is -0.141. The lowest BCUT2D eigenvalue weighted by Crippen LogP contribution is -2.19. The summed E-state index contributed by atoms with van der Waals surface area (Å²) in [6.07, 6.45) is 0. The molecule has 0 saturated carbocycles. The van der Waals surface area contributed by atoms with Gasteiger partial charge in [-0.2, -0.15) is 5.26 Å². The average molecular weight is 333 g/mol. The van der Waals surface area contributed by atoms with Gasteiger partial charge in [-0.1, -0.05) is 18.2 Å². The van der Waals surface area contributed by atoms with Crippen LogP contribution in [0.5, 0.6) is 5.75 Å². The van der Waals surface area contributed by atoms with Gasteiger partial charge in [-0.15, -0.1) is 0 Å². The summed E-state index contributed by atoms with van der Waals surface area (Å²) in [6.45, 7) is 4.55. The molecule has 0 unspecified atom stereocenters. The number of aromatic nitrogens is 1. The van der Waals surface area contributed by atoms with Crippen molar-refractivity contribution in [1.82, 2.24) is 4.57 Å². The number of nitriles is 1. The number of fused-ring (bicyclic) bond motifs is 1. The number of carbonyl (C=O) groups excluding carboxylic acids is 1. The first-order chi connectivity index (χ1) is 12.1. The van der Waals surface area contributed by atoms with E-state index in [1.54, 1.807) is 0 Å². The summed E-state index contributed by atoms with van der Waals surface area (Å²) >= 11 is 0. The number of para-hydroxylation sites is 1. The highest BCUT2D eigenvalue weighted by Crippen LogP contribution is 2.25. The number of amides is 1. The maximum absolute atomic E-state index is 12.4. The number of carbonyl (C=O) groups is 1. The summed E-state index contributed by atoms with van der Waals surface area (Å²) < 4.78 is 7.27. The van der Waals surface area contributed by atoms with Gasteiger partial charge in [0.2, 0.25) is 5.91 Å². The number of hydrogen-bond acceptors (Lipinski definition) is 3. The lowest BCUT2D eigenvalue weighted by molar-refractivity contribution is -0.116. The Morgan fingerprint density at radius 2 is 1.92 bits per heavy atom. The van der Waals surface area contributed by atoms with E-state index in [1.165, 1.54) is 0 Å². The molecule has 2 aromatic carbocycles. The first-order valence-electron chi connectivity index (χ1n) is 8.14. The van der Waals surface area contributed by atoms with Crippen LogP contribution in [0.3, 0.4) is 0 Å². The molecule has 0 bridgehead atoms. The van der Waals surface area contributed by atoms with Crippen molar-refractivity contribution in [1.29, 1.82) is 5.26 Å². The predicted octanol–water partition coefficient (Wildman–Crippen LogP) is 3.86. The van der Waals surface area contributed by atoms with E-state index in [-0.39, 0.29) is 12.5 Å². The number of rotatable bonds is 5. The van der Waals surface area contributed by atoms with Gasteiger partial charge in [-0.3, -0.25) is 4.79 Å². The molecule has 126 valence electrons. The molecule has 1 heterocycles. The van der Waals surface area contributed by atoms with Crippen LogP contribution in [0.15, 0.2) is 48.5 Å². The van der Waals surface area contributed by atoms with Crippen molar-refractivity contribution in [2.45, 2.75) is 20.4 Å². The predicted molar refractivity (Wildman–Crippen MR) is 97.6 cm³/mol. The molecule has 3 rings (SSSR count). The third kappa shape index (κ3) is 3.33. The summed E-state index contributed by atoms with van der Waals surface area (Å²) in [5, 5.41) is 13.1. The highest BCUT2D eigenvalue weighted by atomic mass is 16.5. The molecule has 0 aliphatic heterocycles. The molecular weight excluding hydrogens is 314 g/mol. The number of nitrogens with zero attached hydrogens (tertiary/aromatic N) is 2. The van der Waals surface area contributed by atoms with Gasteiger partial charge in [0.05, 0.1) is 17.7 Å². The summed E-state index contributed by atoms with van der Waals surface area (Å²) in [5.41, 5.74) is 3.01. The maximum Gasteiger partial charge on any atom is 0.244 e. The minimum absolute atomic E-state index is 0.141. The molecule has 0 saturated heterocycles. The van der Waals surface area contributed by atoms with Gasteiger partial charge < -0.3 is 14.6 Å². The molecule has 25 heavy (non-hydrogen) atoms. The van der Waals surface area contributed by atoms with Crippen molar-refractivity contribution in [2.75, 3.05) is 11.9 Å². The number of ether oxygens (including phenoxy) is 1. The van der Waals surface area contributed by atoms with Crippen LogP contribution in [-0.2, 0) is 11.3 Å². The summed E-state index contributed by atoms with van der Waals surface area (Å²) in [5.74, 6) is 0.629. The molecule has 5 heteroatoms. The fourth-order valence-electron chi connectivity index (χ4n) is 2.92. The lowest BCUT2D eigenvalue weighted by atomic mass is 10.1. The first kappa shape index (κ1) is 16.6. The van der Waals surface area contributed by atoms with E-state index in [4.69, 9.17) is 4.74 Å². The Labute approximate surface area is 146 Å². The summed E-state index contributed by atoms with van der Waals surface area (Å²) in [6, 6.07) is 17.1. The molecule has 0 radical (unpaired) electrons. The van der Waals surface area contributed by atoms with Crippen molar-refractivity contribution in [2.24, 2.45) is 0 Å². The molecule has 0 aliphatic carbocycles. The van der Waals surface area contributed by atoms with Gasteiger partial charge in [-0.05, 0) is 44.2 Å². The van der Waals surface area contributed by atoms with Crippen LogP contribution in [0.25, 0.3) is 10.9 Å². The van der Waals surface area contributed by atoms with E-state index in [9.17, 15) is 10.1 Å². The molecule has 3 aromatic rings. The fourth-order valence-corrected chi connectivity index (χ4v) is 2.92. The van der Waals surface area contributed by atoms with Gasteiger partial charge in [-0.25, -0.2) is 0 Å². The smallest absolute Gasteiger partial charge is 0.244 e. The lowest BCUT2D eigenvalue weighted by Gasteiger charge is -2.10. The number of nitrogens with one attached hydrogen (secondary N) is 1. The SMILES string of the molecule is CCOc1ccc(NC(=O)Cn2c(C)c(C#N)c3ccccc32)cc1. The Morgan fingerprint density at radius 1 is 1.20 bits per heavy atom. The number of anilines is 1. The Balaban J connectivity index is 1.81. The van der Waals surface area contributed by atoms with Crippen LogP contribution in [0, 0.1) is 18.3 Å². The third-order valence-corrected chi connectivity index (χ3v) is 4.09. The second-order valence-corrected chi connectivity index (χ2v) is 5.68. The van der Waals surface area contributed by atoms with Crippen LogP contribution >= 0.6 is 0 Å². The quantitative estimate of drug-likeness (QED) is 0.771. The zero-order valence-corrected chi connectivity index (χ0v) is 14.2. The van der Waals surface area contributed by atoms with E-state index in [0.717, 1.165) is 22.3 Å². The van der Waals surface area contributed by atoms with Gasteiger partial charge >= 0.3 is 0 Å². The average Bonchev–Trinajstić information content (AvgIpc) is 2.88. The van der Waals surface area contributed by atoms with Crippen LogP contribution < -0.4 is 10.1 Å². The van der Waals surface area contributed by atoms with Crippen LogP contribution in [0.4, 0.5) is 5.69 Å². The summed E-state index contributed by atoms with van der Waals surface area (Å²) in [4.78, 5) is 12.4. The van der Waals surface area contributed by atoms with E-state index in [0.29, 0.717) is 17.9 Å². The zero-order valence-electron chi connectivity index (χ0n) is 14.2. The Hall–Kier alpha value is -3.26. The molecular formula is C20H19N3O2. The number of hydrogen-bond donors (Lipinski definition) is 1. The molecule has 1 aromatic heterocycles. The molecule has 0 fully saturated rings. The molecule has 5 nitrogen and oxygen atoms in total. The monoisotopic (exact) mass is 333 g/mol. The van der Waals surface area contributed by atoms with Gasteiger partial charge in [0, 0.05) is 16.8 Å². The van der Waals surface area contributed by atoms with E-state index >= 15 is 0 Å². The summed E-state index contributed by atoms with van der Waals surface area (Å²) in [7, 11) is 0. The van der Waals surface area contributed by atoms with Crippen molar-refractivity contribution >= 4 is 22.5 Å². The van der Waals surface area contributed by atoms with Gasteiger partial charge in [0.25, 0.3) is 0 Å². The normalized spacial score (nSPS) is 10.4. The second-order valence-electron chi connectivity index (χ2n) is 5.68. The van der Waals surface area contributed by atoms with Crippen LogP contribution in [0.2, 0.25) is 0 Å². The topological polar surface area (TPSA) is 67.0 Å². The molecule has 1 N–H and O–H groups in total. The highest BCUT2D eigenvalue weighted by molar-refractivity contribution is 5.94. The maximum atomic E-state index is 12.4. The minimum Gasteiger partial charge on any atom is -0.494 e. The zero-order chi connectivity index (χ0) is 17.8. The Bertz CT molecular complexity index is 949. The van der Waals surface area contributed by atoms with Gasteiger partial charge in [0.1, 0.15) is 18.4 Å². The molecule has 1 amide bonds. The van der Waals surface area contributed by atoms with E-state index < -0.39 is 0 Å². The van der Waals surface area contributed by atoms with Crippen molar-refractivity contribution in [3.8, 4) is 11.8 Å². The van der Waals surface area contributed by atoms with Crippen LogP contribution in [0.1, 0.15) is 18.2 Å². The third-order valence-electron chi connectivity index (χ3n) is 4.09. The standard InChI is InChI=1S/C20H19N3O2/c1-3-25-16-10-8-15(9-11-16)22-20(24)13-23-14(2)18(12-21)17-6-4-5-7-19(17)23/h4-11H,3,13H2,1-2H3,(H,22,24). The first-order valence-corrected chi connectivity index (χ1v) is 8.14. The van der Waals surface area contributed by atoms with E-state index in [1.807, 2.05) is 66.9 Å². The van der Waals surface area contributed by atoms with Crippen LogP contribution in [-0.4, -0.2) is 17.1 Å². The largest absolute Gasteiger partial charge is 0.494 e. The Morgan fingerprint density at radius 3 is 2.60 bits per heavy atom. The van der Waals surface area contributed by atoms with E-state index in [2.05, 4.69) is 11.4 Å². The molecule has 0 aliphatic rings. The Kier molecular flexibility index (Phi) is 4.71. The van der Waals surface area contributed by atoms with Crippen molar-refractivity contribution in [3.63, 3.8) is 0 Å².